The van der Waals surface area contributed by atoms with E-state index in [1.807, 2.05) is 0 Å². The molecule has 0 aliphatic carbocycles. The summed E-state index contributed by atoms with van der Waals surface area (Å²) in [6.07, 6.45) is 0.264. The first-order valence-electron chi connectivity index (χ1n) is 8.27. The van der Waals surface area contributed by atoms with Crippen LogP contribution in [0.3, 0.4) is 0 Å². The van der Waals surface area contributed by atoms with Crippen LogP contribution in [0.15, 0.2) is 48.5 Å². The highest BCUT2D eigenvalue weighted by atomic mass is 35.5. The summed E-state index contributed by atoms with van der Waals surface area (Å²) in [5.74, 6) is -1.51. The Morgan fingerprint density at radius 3 is 2.54 bits per heavy atom. The van der Waals surface area contributed by atoms with Gasteiger partial charge < -0.3 is 5.32 Å². The molecule has 144 valence electrons. The van der Waals surface area contributed by atoms with Gasteiger partial charge in [-0.2, -0.15) is 5.01 Å². The molecule has 2 aromatic rings. The third-order valence-corrected chi connectivity index (χ3v) is 4.83. The van der Waals surface area contributed by atoms with Gasteiger partial charge in [-0.1, -0.05) is 48.9 Å². The summed E-state index contributed by atoms with van der Waals surface area (Å²) in [7, 11) is 0. The standard InChI is InChI=1S/C18H15ClN4O5/c1-2-18(12-6-4-3-5-7-12)16(25)22(17(26)20-18)21-15(24)11-8-9-13(19)14(10-11)23(27)28/h3-10H,2H2,1H3,(H,20,26)(H,21,24)/t18-/m1/s1. The molecule has 0 radical (unpaired) electrons. The van der Waals surface area contributed by atoms with E-state index in [0.717, 1.165) is 6.07 Å². The summed E-state index contributed by atoms with van der Waals surface area (Å²) < 4.78 is 0. The van der Waals surface area contributed by atoms with Crippen molar-refractivity contribution in [2.45, 2.75) is 18.9 Å². The predicted octanol–water partition coefficient (Wildman–Crippen LogP) is 2.75. The number of halogens is 1. The molecule has 1 aliphatic heterocycles. The fourth-order valence-corrected chi connectivity index (χ4v) is 3.19. The molecule has 0 unspecified atom stereocenters. The van der Waals surface area contributed by atoms with Crippen molar-refractivity contribution < 1.29 is 19.3 Å². The molecule has 9 nitrogen and oxygen atoms in total. The van der Waals surface area contributed by atoms with Crippen molar-refractivity contribution >= 4 is 35.1 Å². The molecule has 1 heterocycles. The molecule has 4 amide bonds. The van der Waals surface area contributed by atoms with Crippen molar-refractivity contribution in [3.8, 4) is 0 Å². The van der Waals surface area contributed by atoms with E-state index in [4.69, 9.17) is 11.6 Å². The molecule has 3 rings (SSSR count). The van der Waals surface area contributed by atoms with Crippen LogP contribution in [-0.4, -0.2) is 27.8 Å². The van der Waals surface area contributed by atoms with Gasteiger partial charge in [-0.3, -0.25) is 25.1 Å². The number of carbonyl (C=O) groups is 3. The molecular weight excluding hydrogens is 388 g/mol. The topological polar surface area (TPSA) is 122 Å². The van der Waals surface area contributed by atoms with Gasteiger partial charge in [0.15, 0.2) is 0 Å². The summed E-state index contributed by atoms with van der Waals surface area (Å²) in [5.41, 5.74) is 0.897. The van der Waals surface area contributed by atoms with Crippen LogP contribution in [-0.2, 0) is 10.3 Å². The van der Waals surface area contributed by atoms with Crippen molar-refractivity contribution in [2.75, 3.05) is 0 Å². The zero-order valence-electron chi connectivity index (χ0n) is 14.6. The minimum absolute atomic E-state index is 0.120. The second kappa shape index (κ2) is 7.28. The number of imide groups is 1. The number of hydrazine groups is 1. The third kappa shape index (κ3) is 3.16. The quantitative estimate of drug-likeness (QED) is 0.452. The first kappa shape index (κ1) is 19.3. The molecule has 2 N–H and O–H groups in total. The molecule has 0 bridgehead atoms. The number of urea groups is 1. The molecule has 0 saturated carbocycles. The van der Waals surface area contributed by atoms with Crippen molar-refractivity contribution in [3.63, 3.8) is 0 Å². The summed E-state index contributed by atoms with van der Waals surface area (Å²) in [5, 5.41) is 14.1. The highest BCUT2D eigenvalue weighted by molar-refractivity contribution is 6.32. The van der Waals surface area contributed by atoms with Gasteiger partial charge in [0.25, 0.3) is 17.5 Å². The van der Waals surface area contributed by atoms with Crippen molar-refractivity contribution in [3.05, 3.63) is 74.8 Å². The lowest BCUT2D eigenvalue weighted by Gasteiger charge is -2.25. The van der Waals surface area contributed by atoms with Crippen molar-refractivity contribution in [1.82, 2.24) is 15.8 Å². The number of nitro benzene ring substituents is 1. The van der Waals surface area contributed by atoms with Gasteiger partial charge in [-0.25, -0.2) is 4.79 Å². The van der Waals surface area contributed by atoms with Gasteiger partial charge in [-0.05, 0) is 24.1 Å². The van der Waals surface area contributed by atoms with Gasteiger partial charge in [-0.15, -0.1) is 0 Å². The lowest BCUT2D eigenvalue weighted by molar-refractivity contribution is -0.384. The highest BCUT2D eigenvalue weighted by Gasteiger charge is 2.52. The first-order chi connectivity index (χ1) is 13.3. The molecule has 10 heteroatoms. The Balaban J connectivity index is 1.88. The number of hydrogen-bond donors (Lipinski definition) is 2. The molecule has 1 fully saturated rings. The Morgan fingerprint density at radius 1 is 1.25 bits per heavy atom. The number of hydrogen-bond acceptors (Lipinski definition) is 5. The molecule has 2 aromatic carbocycles. The van der Waals surface area contributed by atoms with Crippen LogP contribution in [0.2, 0.25) is 5.02 Å². The summed E-state index contributed by atoms with van der Waals surface area (Å²) in [6.45, 7) is 1.74. The smallest absolute Gasteiger partial charge is 0.318 e. The summed E-state index contributed by atoms with van der Waals surface area (Å²) >= 11 is 5.73. The number of nitro groups is 1. The van der Waals surface area contributed by atoms with E-state index >= 15 is 0 Å². The van der Waals surface area contributed by atoms with Crippen LogP contribution in [0, 0.1) is 10.1 Å². The number of rotatable bonds is 5. The van der Waals surface area contributed by atoms with Gasteiger partial charge in [0.1, 0.15) is 10.6 Å². The minimum Gasteiger partial charge on any atom is -0.318 e. The number of carbonyl (C=O) groups excluding carboxylic acids is 3. The van der Waals surface area contributed by atoms with Crippen LogP contribution in [0.25, 0.3) is 0 Å². The molecule has 0 spiro atoms. The Morgan fingerprint density at radius 2 is 1.93 bits per heavy atom. The predicted molar refractivity (Wildman–Crippen MR) is 99.4 cm³/mol. The Hall–Kier alpha value is -3.46. The Bertz CT molecular complexity index is 981. The molecule has 1 aliphatic rings. The van der Waals surface area contributed by atoms with Crippen LogP contribution in [0.5, 0.6) is 0 Å². The maximum absolute atomic E-state index is 13.0. The van der Waals surface area contributed by atoms with Crippen LogP contribution >= 0.6 is 11.6 Å². The number of nitrogens with zero attached hydrogens (tertiary/aromatic N) is 2. The average Bonchev–Trinajstić information content (AvgIpc) is 2.93. The number of nitrogens with one attached hydrogen (secondary N) is 2. The zero-order valence-corrected chi connectivity index (χ0v) is 15.4. The fraction of sp³-hybridized carbons (Fsp3) is 0.167. The van der Waals surface area contributed by atoms with E-state index in [2.05, 4.69) is 10.7 Å². The lowest BCUT2D eigenvalue weighted by atomic mass is 9.87. The minimum atomic E-state index is -1.31. The largest absolute Gasteiger partial charge is 0.344 e. The van der Waals surface area contributed by atoms with E-state index in [0.29, 0.717) is 10.6 Å². The van der Waals surface area contributed by atoms with Crippen molar-refractivity contribution in [1.29, 1.82) is 0 Å². The number of amides is 4. The van der Waals surface area contributed by atoms with E-state index in [1.54, 1.807) is 37.3 Å². The summed E-state index contributed by atoms with van der Waals surface area (Å²) in [4.78, 5) is 48.1. The van der Waals surface area contributed by atoms with E-state index in [-0.39, 0.29) is 17.0 Å². The fourth-order valence-electron chi connectivity index (χ4n) is 3.00. The van der Waals surface area contributed by atoms with Gasteiger partial charge in [0.05, 0.1) is 4.92 Å². The van der Waals surface area contributed by atoms with E-state index < -0.39 is 34.0 Å². The first-order valence-corrected chi connectivity index (χ1v) is 8.65. The van der Waals surface area contributed by atoms with E-state index in [1.165, 1.54) is 12.1 Å². The zero-order chi connectivity index (χ0) is 20.5. The monoisotopic (exact) mass is 402 g/mol. The second-order valence-corrected chi connectivity index (χ2v) is 6.47. The molecule has 1 saturated heterocycles. The van der Waals surface area contributed by atoms with Gasteiger partial charge >= 0.3 is 6.03 Å². The normalized spacial score (nSPS) is 18.7. The SMILES string of the molecule is CC[C@]1(c2ccccc2)NC(=O)N(NC(=O)c2ccc(Cl)c([N+](=O)[O-])c2)C1=O. The molecule has 1 atom stereocenters. The number of benzene rings is 2. The van der Waals surface area contributed by atoms with Crippen LogP contribution in [0.4, 0.5) is 10.5 Å². The van der Waals surface area contributed by atoms with Gasteiger partial charge in [0, 0.05) is 11.6 Å². The van der Waals surface area contributed by atoms with Crippen LogP contribution in [0.1, 0.15) is 29.3 Å². The maximum Gasteiger partial charge on any atom is 0.344 e. The maximum atomic E-state index is 13.0. The lowest BCUT2D eigenvalue weighted by Crippen LogP contribution is -2.48. The summed E-state index contributed by atoms with van der Waals surface area (Å²) in [6, 6.07) is 11.3. The Kier molecular flexibility index (Phi) is 5.02. The third-order valence-electron chi connectivity index (χ3n) is 4.51. The molecular formula is C18H15ClN4O5. The van der Waals surface area contributed by atoms with Crippen molar-refractivity contribution in [2.24, 2.45) is 0 Å². The highest BCUT2D eigenvalue weighted by Crippen LogP contribution is 2.32. The average molecular weight is 403 g/mol. The van der Waals surface area contributed by atoms with Gasteiger partial charge in [0.2, 0.25) is 0 Å². The Labute approximate surface area is 164 Å². The molecule has 0 aromatic heterocycles. The molecule has 28 heavy (non-hydrogen) atoms. The van der Waals surface area contributed by atoms with E-state index in [9.17, 15) is 24.5 Å². The second-order valence-electron chi connectivity index (χ2n) is 6.06. The van der Waals surface area contributed by atoms with Crippen LogP contribution < -0.4 is 10.7 Å².